The molecule has 1 amide bonds. The molecule has 2 rings (SSSR count). The lowest BCUT2D eigenvalue weighted by molar-refractivity contribution is -0.129. The predicted molar refractivity (Wildman–Crippen MR) is 90.6 cm³/mol. The van der Waals surface area contributed by atoms with Gasteiger partial charge in [0, 0.05) is 44.1 Å². The van der Waals surface area contributed by atoms with Crippen molar-refractivity contribution in [2.45, 2.75) is 26.8 Å². The van der Waals surface area contributed by atoms with Crippen molar-refractivity contribution in [1.29, 1.82) is 0 Å². The van der Waals surface area contributed by atoms with Gasteiger partial charge >= 0.3 is 0 Å². The van der Waals surface area contributed by atoms with Crippen molar-refractivity contribution in [3.8, 4) is 0 Å². The normalized spacial score (nSPS) is 15.4. The van der Waals surface area contributed by atoms with E-state index in [9.17, 15) is 4.79 Å². The molecule has 0 aliphatic carbocycles. The van der Waals surface area contributed by atoms with Gasteiger partial charge < -0.3 is 15.1 Å². The third-order valence-corrected chi connectivity index (χ3v) is 4.47. The summed E-state index contributed by atoms with van der Waals surface area (Å²) in [6.07, 6.45) is 1.15. The first-order valence-corrected chi connectivity index (χ1v) is 8.40. The fourth-order valence-corrected chi connectivity index (χ4v) is 3.27. The molecule has 116 valence electrons. The molecule has 1 aromatic carbocycles. The van der Waals surface area contributed by atoms with Gasteiger partial charge in [-0.15, -0.1) is 0 Å². The molecule has 1 fully saturated rings. The van der Waals surface area contributed by atoms with Gasteiger partial charge in [-0.3, -0.25) is 4.79 Å². The molecule has 0 spiro atoms. The quantitative estimate of drug-likeness (QED) is 0.826. The minimum atomic E-state index is 0.172. The van der Waals surface area contributed by atoms with E-state index < -0.39 is 0 Å². The highest BCUT2D eigenvalue weighted by molar-refractivity contribution is 9.10. The van der Waals surface area contributed by atoms with Crippen molar-refractivity contribution in [1.82, 2.24) is 10.2 Å². The Balaban J connectivity index is 1.96. The molecule has 0 atom stereocenters. The highest BCUT2D eigenvalue weighted by atomic mass is 79.9. The summed E-state index contributed by atoms with van der Waals surface area (Å²) in [7, 11) is 0. The molecule has 0 saturated carbocycles. The second-order valence-electron chi connectivity index (χ2n) is 5.46. The van der Waals surface area contributed by atoms with Gasteiger partial charge in [0.05, 0.1) is 5.69 Å². The van der Waals surface area contributed by atoms with E-state index in [-0.39, 0.29) is 5.91 Å². The molecular formula is C16H24BrN3O. The predicted octanol–water partition coefficient (Wildman–Crippen LogP) is 2.62. The van der Waals surface area contributed by atoms with E-state index in [0.717, 1.165) is 50.2 Å². The van der Waals surface area contributed by atoms with Crippen LogP contribution in [0.1, 0.15) is 25.8 Å². The Morgan fingerprint density at radius 1 is 1.29 bits per heavy atom. The second-order valence-corrected chi connectivity index (χ2v) is 6.31. The lowest BCUT2D eigenvalue weighted by Gasteiger charge is -2.36. The Morgan fingerprint density at radius 2 is 2.00 bits per heavy atom. The molecule has 1 aliphatic rings. The van der Waals surface area contributed by atoms with E-state index in [1.807, 2.05) is 4.90 Å². The Hall–Kier alpha value is -1.07. The molecule has 0 aromatic heterocycles. The number of nitrogens with one attached hydrogen (secondary N) is 1. The number of anilines is 1. The smallest absolute Gasteiger partial charge is 0.219 e. The van der Waals surface area contributed by atoms with Crippen LogP contribution in [-0.2, 0) is 11.3 Å². The lowest BCUT2D eigenvalue weighted by Crippen LogP contribution is -2.48. The zero-order valence-electron chi connectivity index (χ0n) is 12.9. The molecule has 0 unspecified atom stereocenters. The number of hydrogen-bond donors (Lipinski definition) is 1. The Labute approximate surface area is 135 Å². The van der Waals surface area contributed by atoms with Crippen LogP contribution in [-0.4, -0.2) is 43.5 Å². The minimum absolute atomic E-state index is 0.172. The molecule has 1 aromatic rings. The first-order chi connectivity index (χ1) is 10.1. The number of nitrogens with zero attached hydrogens (tertiary/aromatic N) is 2. The number of hydrogen-bond acceptors (Lipinski definition) is 3. The molecule has 4 nitrogen and oxygen atoms in total. The fourth-order valence-electron chi connectivity index (χ4n) is 2.59. The van der Waals surface area contributed by atoms with Gasteiger partial charge in [0.15, 0.2) is 0 Å². The van der Waals surface area contributed by atoms with Crippen LogP contribution in [0.5, 0.6) is 0 Å². The average Bonchev–Trinajstić information content (AvgIpc) is 2.48. The largest absolute Gasteiger partial charge is 0.367 e. The molecular weight excluding hydrogens is 330 g/mol. The number of benzene rings is 1. The maximum absolute atomic E-state index is 11.4. The number of carbonyl (C=O) groups is 1. The van der Waals surface area contributed by atoms with Crippen LogP contribution in [0.25, 0.3) is 0 Å². The summed E-state index contributed by atoms with van der Waals surface area (Å²) in [5.41, 5.74) is 2.51. The molecule has 1 aliphatic heterocycles. The second kappa shape index (κ2) is 7.80. The number of rotatable bonds is 5. The van der Waals surface area contributed by atoms with Gasteiger partial charge in [-0.05, 0) is 46.6 Å². The molecule has 1 saturated heterocycles. The molecule has 1 heterocycles. The van der Waals surface area contributed by atoms with Crippen LogP contribution in [0.4, 0.5) is 5.69 Å². The van der Waals surface area contributed by atoms with E-state index in [4.69, 9.17) is 0 Å². The molecule has 0 bridgehead atoms. The van der Waals surface area contributed by atoms with Gasteiger partial charge in [0.2, 0.25) is 5.91 Å². The number of carbonyl (C=O) groups excluding carboxylic acids is 1. The van der Waals surface area contributed by atoms with E-state index in [1.165, 1.54) is 11.3 Å². The van der Waals surface area contributed by atoms with E-state index >= 15 is 0 Å². The van der Waals surface area contributed by atoms with E-state index in [2.05, 4.69) is 51.3 Å². The Morgan fingerprint density at radius 3 is 2.57 bits per heavy atom. The average molecular weight is 354 g/mol. The van der Waals surface area contributed by atoms with Gasteiger partial charge in [0.25, 0.3) is 0 Å². The van der Waals surface area contributed by atoms with E-state index in [0.29, 0.717) is 0 Å². The number of piperazine rings is 1. The Bertz CT molecular complexity index is 484. The number of amides is 1. The maximum Gasteiger partial charge on any atom is 0.219 e. The first kappa shape index (κ1) is 16.3. The molecule has 5 heteroatoms. The summed E-state index contributed by atoms with van der Waals surface area (Å²) >= 11 is 3.69. The minimum Gasteiger partial charge on any atom is -0.367 e. The van der Waals surface area contributed by atoms with Crippen molar-refractivity contribution in [2.24, 2.45) is 0 Å². The van der Waals surface area contributed by atoms with Crippen LogP contribution in [0.2, 0.25) is 0 Å². The van der Waals surface area contributed by atoms with Gasteiger partial charge in [-0.1, -0.05) is 13.0 Å². The van der Waals surface area contributed by atoms with Crippen LogP contribution in [0.15, 0.2) is 22.7 Å². The standard InChI is InChI=1S/C16H24BrN3O/c1-3-6-18-12-14-4-5-16(15(17)11-14)20-9-7-19(8-10-20)13(2)21/h4-5,11,18H,3,6-10,12H2,1-2H3. The summed E-state index contributed by atoms with van der Waals surface area (Å²) in [5.74, 6) is 0.172. The summed E-state index contributed by atoms with van der Waals surface area (Å²) < 4.78 is 1.13. The van der Waals surface area contributed by atoms with Crippen molar-refractivity contribution >= 4 is 27.5 Å². The summed E-state index contributed by atoms with van der Waals surface area (Å²) in [4.78, 5) is 15.6. The number of halogens is 1. The monoisotopic (exact) mass is 353 g/mol. The van der Waals surface area contributed by atoms with Gasteiger partial charge in [-0.2, -0.15) is 0 Å². The topological polar surface area (TPSA) is 35.6 Å². The van der Waals surface area contributed by atoms with Crippen molar-refractivity contribution < 1.29 is 4.79 Å². The van der Waals surface area contributed by atoms with Crippen LogP contribution < -0.4 is 10.2 Å². The zero-order chi connectivity index (χ0) is 15.2. The van der Waals surface area contributed by atoms with Crippen LogP contribution >= 0.6 is 15.9 Å². The SMILES string of the molecule is CCCNCc1ccc(N2CCN(C(C)=O)CC2)c(Br)c1. The summed E-state index contributed by atoms with van der Waals surface area (Å²) in [5, 5.41) is 3.42. The summed E-state index contributed by atoms with van der Waals surface area (Å²) in [6.45, 7) is 9.17. The highest BCUT2D eigenvalue weighted by Crippen LogP contribution is 2.28. The zero-order valence-corrected chi connectivity index (χ0v) is 14.4. The highest BCUT2D eigenvalue weighted by Gasteiger charge is 2.20. The lowest BCUT2D eigenvalue weighted by atomic mass is 10.1. The van der Waals surface area contributed by atoms with Crippen molar-refractivity contribution in [3.05, 3.63) is 28.2 Å². The fraction of sp³-hybridized carbons (Fsp3) is 0.562. The van der Waals surface area contributed by atoms with Crippen molar-refractivity contribution in [2.75, 3.05) is 37.6 Å². The molecule has 1 N–H and O–H groups in total. The van der Waals surface area contributed by atoms with Crippen LogP contribution in [0, 0.1) is 0 Å². The third kappa shape index (κ3) is 4.45. The van der Waals surface area contributed by atoms with Crippen LogP contribution in [0.3, 0.4) is 0 Å². The van der Waals surface area contributed by atoms with Gasteiger partial charge in [-0.25, -0.2) is 0 Å². The Kier molecular flexibility index (Phi) is 6.06. The molecule has 0 radical (unpaired) electrons. The van der Waals surface area contributed by atoms with E-state index in [1.54, 1.807) is 6.92 Å². The summed E-state index contributed by atoms with van der Waals surface area (Å²) in [6, 6.07) is 6.55. The first-order valence-electron chi connectivity index (χ1n) is 7.61. The third-order valence-electron chi connectivity index (χ3n) is 3.83. The molecule has 21 heavy (non-hydrogen) atoms. The maximum atomic E-state index is 11.4. The van der Waals surface area contributed by atoms with Gasteiger partial charge in [0.1, 0.15) is 0 Å². The van der Waals surface area contributed by atoms with Crippen molar-refractivity contribution in [3.63, 3.8) is 0 Å².